The number of nitrogens with two attached hydrogens (primary N) is 1. The van der Waals surface area contributed by atoms with E-state index in [0.717, 1.165) is 13.0 Å². The van der Waals surface area contributed by atoms with Gasteiger partial charge in [-0.2, -0.15) is 0 Å². The maximum atomic E-state index is 5.46. The van der Waals surface area contributed by atoms with Crippen LogP contribution in [0.4, 0.5) is 0 Å². The van der Waals surface area contributed by atoms with Gasteiger partial charge in [0, 0.05) is 26.2 Å². The molecule has 0 bridgehead atoms. The van der Waals surface area contributed by atoms with Gasteiger partial charge in [-0.1, -0.05) is 6.92 Å². The molecule has 1 rings (SSSR count). The molecule has 0 atom stereocenters. The van der Waals surface area contributed by atoms with Crippen molar-refractivity contribution in [2.45, 2.75) is 13.3 Å². The summed E-state index contributed by atoms with van der Waals surface area (Å²) >= 11 is 0. The lowest BCUT2D eigenvalue weighted by Crippen LogP contribution is -2.46. The maximum absolute atomic E-state index is 5.46. The van der Waals surface area contributed by atoms with Crippen LogP contribution in [-0.2, 0) is 0 Å². The number of piperazine rings is 1. The molecule has 1 fully saturated rings. The summed E-state index contributed by atoms with van der Waals surface area (Å²) in [5, 5.41) is 0. The van der Waals surface area contributed by atoms with E-state index in [1.807, 2.05) is 0 Å². The molecule has 0 amide bonds. The van der Waals surface area contributed by atoms with Crippen molar-refractivity contribution in [2.75, 3.05) is 45.8 Å². The Kier molecular flexibility index (Phi) is 4.58. The average Bonchev–Trinajstić information content (AvgIpc) is 2.15. The van der Waals surface area contributed by atoms with Crippen LogP contribution in [0, 0.1) is 0 Å². The van der Waals surface area contributed by atoms with Crippen molar-refractivity contribution in [3.05, 3.63) is 0 Å². The van der Waals surface area contributed by atoms with Crippen molar-refractivity contribution < 1.29 is 0 Å². The first-order chi connectivity index (χ1) is 5.86. The highest BCUT2D eigenvalue weighted by Gasteiger charge is 2.13. The molecule has 0 radical (unpaired) electrons. The van der Waals surface area contributed by atoms with Crippen molar-refractivity contribution in [3.63, 3.8) is 0 Å². The number of rotatable bonds is 4. The first kappa shape index (κ1) is 9.96. The Morgan fingerprint density at radius 1 is 1.08 bits per heavy atom. The van der Waals surface area contributed by atoms with Crippen molar-refractivity contribution in [3.8, 4) is 0 Å². The van der Waals surface area contributed by atoms with Crippen LogP contribution in [0.15, 0.2) is 0 Å². The molecular weight excluding hydrogens is 150 g/mol. The summed E-state index contributed by atoms with van der Waals surface area (Å²) in [4.78, 5) is 5.01. The lowest BCUT2D eigenvalue weighted by atomic mass is 10.3. The van der Waals surface area contributed by atoms with Crippen LogP contribution in [0.2, 0.25) is 0 Å². The van der Waals surface area contributed by atoms with Crippen molar-refractivity contribution in [2.24, 2.45) is 5.73 Å². The molecule has 0 saturated carbocycles. The number of nitrogens with zero attached hydrogens (tertiary/aromatic N) is 2. The van der Waals surface area contributed by atoms with Crippen LogP contribution in [0.25, 0.3) is 0 Å². The minimum absolute atomic E-state index is 0.827. The molecule has 0 aromatic rings. The molecule has 1 heterocycles. The van der Waals surface area contributed by atoms with Crippen LogP contribution in [0.3, 0.4) is 0 Å². The Balaban J connectivity index is 2.09. The van der Waals surface area contributed by atoms with Crippen LogP contribution >= 0.6 is 0 Å². The van der Waals surface area contributed by atoms with Crippen molar-refractivity contribution in [1.82, 2.24) is 9.80 Å². The highest BCUT2D eigenvalue weighted by atomic mass is 15.3. The summed E-state index contributed by atoms with van der Waals surface area (Å²) in [5.41, 5.74) is 5.46. The monoisotopic (exact) mass is 171 g/mol. The highest BCUT2D eigenvalue weighted by molar-refractivity contribution is 4.70. The van der Waals surface area contributed by atoms with Gasteiger partial charge in [0.2, 0.25) is 0 Å². The zero-order valence-corrected chi connectivity index (χ0v) is 8.13. The van der Waals surface area contributed by atoms with Gasteiger partial charge >= 0.3 is 0 Å². The van der Waals surface area contributed by atoms with Gasteiger partial charge in [0.1, 0.15) is 0 Å². The molecular formula is C9H21N3. The normalized spacial score (nSPS) is 21.5. The Labute approximate surface area is 75.5 Å². The van der Waals surface area contributed by atoms with E-state index in [2.05, 4.69) is 16.7 Å². The number of hydrogen-bond acceptors (Lipinski definition) is 3. The maximum Gasteiger partial charge on any atom is 0.0110 e. The summed E-state index contributed by atoms with van der Waals surface area (Å²) in [6.07, 6.45) is 1.14. The first-order valence-electron chi connectivity index (χ1n) is 5.01. The molecule has 1 aliphatic heterocycles. The quantitative estimate of drug-likeness (QED) is 0.645. The predicted octanol–water partition coefficient (Wildman–Crippen LogP) is -0.0273. The lowest BCUT2D eigenvalue weighted by Gasteiger charge is -2.33. The summed E-state index contributed by atoms with van der Waals surface area (Å²) in [7, 11) is 0. The Bertz CT molecular complexity index is 108. The van der Waals surface area contributed by atoms with Crippen molar-refractivity contribution >= 4 is 0 Å². The average molecular weight is 171 g/mol. The SMILES string of the molecule is CCN1CCN(CCCN)CC1. The molecule has 3 nitrogen and oxygen atoms in total. The van der Waals surface area contributed by atoms with E-state index in [1.165, 1.54) is 39.3 Å². The third kappa shape index (κ3) is 3.09. The molecule has 0 unspecified atom stereocenters. The van der Waals surface area contributed by atoms with Crippen LogP contribution < -0.4 is 5.73 Å². The summed E-state index contributed by atoms with van der Waals surface area (Å²) in [5.74, 6) is 0. The molecule has 3 heteroatoms. The molecule has 1 aliphatic rings. The fraction of sp³-hybridized carbons (Fsp3) is 1.00. The molecule has 0 aromatic carbocycles. The second-order valence-corrected chi connectivity index (χ2v) is 3.42. The van der Waals surface area contributed by atoms with E-state index >= 15 is 0 Å². The Morgan fingerprint density at radius 2 is 1.67 bits per heavy atom. The molecule has 0 aromatic heterocycles. The molecule has 12 heavy (non-hydrogen) atoms. The lowest BCUT2D eigenvalue weighted by molar-refractivity contribution is 0.137. The topological polar surface area (TPSA) is 32.5 Å². The van der Waals surface area contributed by atoms with Crippen LogP contribution in [-0.4, -0.2) is 55.6 Å². The number of hydrogen-bond donors (Lipinski definition) is 1. The summed E-state index contributed by atoms with van der Waals surface area (Å²) in [6.45, 7) is 10.4. The van der Waals surface area contributed by atoms with Gasteiger partial charge in [-0.05, 0) is 26.1 Å². The van der Waals surface area contributed by atoms with Gasteiger partial charge < -0.3 is 15.5 Å². The van der Waals surface area contributed by atoms with Gasteiger partial charge in [0.25, 0.3) is 0 Å². The Hall–Kier alpha value is -0.120. The van der Waals surface area contributed by atoms with Crippen LogP contribution in [0.5, 0.6) is 0 Å². The van der Waals surface area contributed by atoms with E-state index in [9.17, 15) is 0 Å². The van der Waals surface area contributed by atoms with Gasteiger partial charge in [-0.15, -0.1) is 0 Å². The highest BCUT2D eigenvalue weighted by Crippen LogP contribution is 2.00. The van der Waals surface area contributed by atoms with E-state index in [-0.39, 0.29) is 0 Å². The third-order valence-corrected chi connectivity index (χ3v) is 2.59. The van der Waals surface area contributed by atoms with E-state index in [4.69, 9.17) is 5.73 Å². The fourth-order valence-electron chi connectivity index (χ4n) is 1.64. The molecule has 0 aliphatic carbocycles. The van der Waals surface area contributed by atoms with Crippen molar-refractivity contribution in [1.29, 1.82) is 0 Å². The molecule has 1 saturated heterocycles. The first-order valence-corrected chi connectivity index (χ1v) is 5.01. The van der Waals surface area contributed by atoms with Gasteiger partial charge in [-0.25, -0.2) is 0 Å². The second-order valence-electron chi connectivity index (χ2n) is 3.42. The van der Waals surface area contributed by atoms with E-state index < -0.39 is 0 Å². The summed E-state index contributed by atoms with van der Waals surface area (Å²) < 4.78 is 0. The van der Waals surface area contributed by atoms with Gasteiger partial charge in [-0.3, -0.25) is 0 Å². The molecule has 2 N–H and O–H groups in total. The largest absolute Gasteiger partial charge is 0.330 e. The van der Waals surface area contributed by atoms with Gasteiger partial charge in [0.15, 0.2) is 0 Å². The third-order valence-electron chi connectivity index (χ3n) is 2.59. The zero-order chi connectivity index (χ0) is 8.81. The minimum atomic E-state index is 0.827. The smallest absolute Gasteiger partial charge is 0.0110 e. The standard InChI is InChI=1S/C9H21N3/c1-2-11-6-8-12(9-7-11)5-3-4-10/h2-10H2,1H3. The van der Waals surface area contributed by atoms with Crippen LogP contribution in [0.1, 0.15) is 13.3 Å². The minimum Gasteiger partial charge on any atom is -0.330 e. The molecule has 72 valence electrons. The van der Waals surface area contributed by atoms with Gasteiger partial charge in [0.05, 0.1) is 0 Å². The predicted molar refractivity (Wildman–Crippen MR) is 52.2 cm³/mol. The Morgan fingerprint density at radius 3 is 2.17 bits per heavy atom. The zero-order valence-electron chi connectivity index (χ0n) is 8.13. The second kappa shape index (κ2) is 5.51. The summed E-state index contributed by atoms with van der Waals surface area (Å²) in [6, 6.07) is 0. The number of likely N-dealkylation sites (N-methyl/N-ethyl adjacent to an activating group) is 1. The fourth-order valence-corrected chi connectivity index (χ4v) is 1.64. The van der Waals surface area contributed by atoms with E-state index in [0.29, 0.717) is 0 Å². The van der Waals surface area contributed by atoms with E-state index in [1.54, 1.807) is 0 Å². The molecule has 0 spiro atoms.